The second kappa shape index (κ2) is 5.95. The molecule has 0 radical (unpaired) electrons. The van der Waals surface area contributed by atoms with Crippen LogP contribution in [0.15, 0.2) is 6.20 Å². The average Bonchev–Trinajstić information content (AvgIpc) is 2.92. The van der Waals surface area contributed by atoms with Crippen LogP contribution in [-0.2, 0) is 11.8 Å². The highest BCUT2D eigenvalue weighted by molar-refractivity contribution is 5.67. The highest BCUT2D eigenvalue weighted by Crippen LogP contribution is 2.25. The van der Waals surface area contributed by atoms with Gasteiger partial charge in [-0.15, -0.1) is 0 Å². The summed E-state index contributed by atoms with van der Waals surface area (Å²) in [6, 6.07) is 0. The van der Waals surface area contributed by atoms with Crippen molar-refractivity contribution < 1.29 is 9.53 Å². The molecule has 1 amide bonds. The first-order valence-corrected chi connectivity index (χ1v) is 7.46. The van der Waals surface area contributed by atoms with Crippen molar-refractivity contribution in [2.24, 2.45) is 13.0 Å². The number of amides is 1. The number of alkyl carbamates (subject to hydrolysis) is 1. The molecule has 1 unspecified atom stereocenters. The van der Waals surface area contributed by atoms with Crippen molar-refractivity contribution in [2.45, 2.75) is 39.7 Å². The van der Waals surface area contributed by atoms with E-state index in [1.807, 2.05) is 38.7 Å². The van der Waals surface area contributed by atoms with Gasteiger partial charge in [-0.2, -0.15) is 5.10 Å². The van der Waals surface area contributed by atoms with Crippen LogP contribution < -0.4 is 10.2 Å². The summed E-state index contributed by atoms with van der Waals surface area (Å²) in [5.41, 5.74) is 0.746. The molecule has 2 heterocycles. The molecule has 1 atom stereocenters. The van der Waals surface area contributed by atoms with E-state index in [-0.39, 0.29) is 6.09 Å². The minimum atomic E-state index is -0.447. The number of nitrogens with zero attached hydrogens (tertiary/aromatic N) is 3. The molecule has 0 saturated carbocycles. The summed E-state index contributed by atoms with van der Waals surface area (Å²) in [6.07, 6.45) is 2.62. The summed E-state index contributed by atoms with van der Waals surface area (Å²) >= 11 is 0. The van der Waals surface area contributed by atoms with Gasteiger partial charge >= 0.3 is 6.09 Å². The number of hydrogen-bond acceptors (Lipinski definition) is 4. The molecule has 1 aromatic rings. The van der Waals surface area contributed by atoms with Gasteiger partial charge in [0, 0.05) is 32.2 Å². The van der Waals surface area contributed by atoms with E-state index in [0.717, 1.165) is 19.5 Å². The van der Waals surface area contributed by atoms with Crippen molar-refractivity contribution in [1.29, 1.82) is 0 Å². The van der Waals surface area contributed by atoms with Crippen molar-refractivity contribution >= 4 is 11.9 Å². The van der Waals surface area contributed by atoms with Crippen LogP contribution in [0.25, 0.3) is 0 Å². The third kappa shape index (κ3) is 4.12. The molecule has 1 aromatic heterocycles. The number of aryl methyl sites for hydroxylation is 2. The minimum absolute atomic E-state index is 0.335. The largest absolute Gasteiger partial charge is 0.444 e. The second-order valence-corrected chi connectivity index (χ2v) is 6.76. The molecule has 6 heteroatoms. The van der Waals surface area contributed by atoms with E-state index < -0.39 is 5.60 Å². The lowest BCUT2D eigenvalue weighted by Crippen LogP contribution is -2.36. The van der Waals surface area contributed by atoms with Crippen molar-refractivity contribution in [3.05, 3.63) is 11.8 Å². The number of aromatic nitrogens is 2. The van der Waals surface area contributed by atoms with Crippen LogP contribution in [0.3, 0.4) is 0 Å². The number of anilines is 1. The van der Waals surface area contributed by atoms with E-state index in [2.05, 4.69) is 22.2 Å². The molecule has 21 heavy (non-hydrogen) atoms. The molecule has 0 aliphatic carbocycles. The van der Waals surface area contributed by atoms with Crippen molar-refractivity contribution in [1.82, 2.24) is 15.1 Å². The van der Waals surface area contributed by atoms with Crippen LogP contribution in [0, 0.1) is 12.8 Å². The zero-order chi connectivity index (χ0) is 15.6. The van der Waals surface area contributed by atoms with Crippen LogP contribution in [0.5, 0.6) is 0 Å². The second-order valence-electron chi connectivity index (χ2n) is 6.76. The lowest BCUT2D eigenvalue weighted by Gasteiger charge is -2.21. The molecular formula is C15H26N4O2. The first-order chi connectivity index (χ1) is 9.76. The average molecular weight is 294 g/mol. The van der Waals surface area contributed by atoms with E-state index >= 15 is 0 Å². The van der Waals surface area contributed by atoms with Gasteiger partial charge in [0.1, 0.15) is 11.4 Å². The van der Waals surface area contributed by atoms with Crippen LogP contribution in [0.1, 0.15) is 32.8 Å². The fourth-order valence-electron chi connectivity index (χ4n) is 2.73. The molecular weight excluding hydrogens is 268 g/mol. The van der Waals surface area contributed by atoms with Gasteiger partial charge in [-0.25, -0.2) is 4.79 Å². The summed E-state index contributed by atoms with van der Waals surface area (Å²) in [4.78, 5) is 14.0. The molecule has 0 aromatic carbocycles. The highest BCUT2D eigenvalue weighted by Gasteiger charge is 2.26. The first-order valence-electron chi connectivity index (χ1n) is 7.46. The van der Waals surface area contributed by atoms with Crippen molar-refractivity contribution in [2.75, 3.05) is 24.5 Å². The topological polar surface area (TPSA) is 59.4 Å². The summed E-state index contributed by atoms with van der Waals surface area (Å²) < 4.78 is 7.17. The Labute approximate surface area is 126 Å². The van der Waals surface area contributed by atoms with E-state index in [1.165, 1.54) is 11.4 Å². The Hall–Kier alpha value is -1.72. The molecule has 2 rings (SSSR count). The Morgan fingerprint density at radius 2 is 2.24 bits per heavy atom. The number of hydrogen-bond donors (Lipinski definition) is 1. The molecule has 0 bridgehead atoms. The van der Waals surface area contributed by atoms with Gasteiger partial charge in [0.2, 0.25) is 0 Å². The Kier molecular flexibility index (Phi) is 4.44. The van der Waals surface area contributed by atoms with Gasteiger partial charge in [0.25, 0.3) is 0 Å². The predicted molar refractivity (Wildman–Crippen MR) is 82.5 cm³/mol. The van der Waals surface area contributed by atoms with Gasteiger partial charge < -0.3 is 15.0 Å². The van der Waals surface area contributed by atoms with Crippen LogP contribution in [0.4, 0.5) is 10.6 Å². The van der Waals surface area contributed by atoms with Crippen LogP contribution in [0.2, 0.25) is 0 Å². The molecule has 1 saturated heterocycles. The van der Waals surface area contributed by atoms with Crippen LogP contribution >= 0.6 is 0 Å². The Balaban J connectivity index is 1.82. The molecule has 1 N–H and O–H groups in total. The van der Waals surface area contributed by atoms with Gasteiger partial charge in [0.15, 0.2) is 0 Å². The third-order valence-electron chi connectivity index (χ3n) is 3.60. The fourth-order valence-corrected chi connectivity index (χ4v) is 2.73. The lowest BCUT2D eigenvalue weighted by atomic mass is 10.1. The Bertz CT molecular complexity index is 485. The number of ether oxygens (including phenoxy) is 1. The predicted octanol–water partition coefficient (Wildman–Crippen LogP) is 2.08. The SMILES string of the molecule is Cc1cnn(C)c1N1CCC(CNC(=O)OC(C)(C)C)C1. The normalized spacial score (nSPS) is 18.9. The summed E-state index contributed by atoms with van der Waals surface area (Å²) in [5.74, 6) is 1.63. The zero-order valence-corrected chi connectivity index (χ0v) is 13.6. The quantitative estimate of drug-likeness (QED) is 0.927. The maximum absolute atomic E-state index is 11.7. The van der Waals surface area contributed by atoms with Gasteiger partial charge in [-0.05, 0) is 40.0 Å². The van der Waals surface area contributed by atoms with Crippen LogP contribution in [-0.4, -0.2) is 41.1 Å². The van der Waals surface area contributed by atoms with Crippen molar-refractivity contribution in [3.8, 4) is 0 Å². The zero-order valence-electron chi connectivity index (χ0n) is 13.6. The van der Waals surface area contributed by atoms with Gasteiger partial charge in [-0.3, -0.25) is 4.68 Å². The lowest BCUT2D eigenvalue weighted by molar-refractivity contribution is 0.0520. The molecule has 118 valence electrons. The van der Waals surface area contributed by atoms with E-state index in [1.54, 1.807) is 0 Å². The summed E-state index contributed by atoms with van der Waals surface area (Å²) in [7, 11) is 1.97. The third-order valence-corrected chi connectivity index (χ3v) is 3.60. The van der Waals surface area contributed by atoms with Gasteiger partial charge in [0.05, 0.1) is 6.20 Å². The minimum Gasteiger partial charge on any atom is -0.444 e. The fraction of sp³-hybridized carbons (Fsp3) is 0.733. The van der Waals surface area contributed by atoms with E-state index in [9.17, 15) is 4.79 Å². The highest BCUT2D eigenvalue weighted by atomic mass is 16.6. The standard InChI is InChI=1S/C15H26N4O2/c1-11-8-17-18(5)13(11)19-7-6-12(10-19)9-16-14(20)21-15(2,3)4/h8,12H,6-7,9-10H2,1-5H3,(H,16,20). The van der Waals surface area contributed by atoms with E-state index in [4.69, 9.17) is 4.74 Å². The first kappa shape index (κ1) is 15.7. The number of carbonyl (C=O) groups is 1. The number of rotatable bonds is 3. The molecule has 1 aliphatic rings. The monoisotopic (exact) mass is 294 g/mol. The Morgan fingerprint density at radius 3 is 2.81 bits per heavy atom. The number of carbonyl (C=O) groups excluding carboxylic acids is 1. The summed E-state index contributed by atoms with van der Waals surface area (Å²) in [6.45, 7) is 10.3. The molecule has 1 fully saturated rings. The molecule has 0 spiro atoms. The Morgan fingerprint density at radius 1 is 1.52 bits per heavy atom. The smallest absolute Gasteiger partial charge is 0.407 e. The molecule has 1 aliphatic heterocycles. The van der Waals surface area contributed by atoms with Crippen molar-refractivity contribution in [3.63, 3.8) is 0 Å². The summed E-state index contributed by atoms with van der Waals surface area (Å²) in [5, 5.41) is 7.15. The van der Waals surface area contributed by atoms with Gasteiger partial charge in [-0.1, -0.05) is 0 Å². The maximum atomic E-state index is 11.7. The maximum Gasteiger partial charge on any atom is 0.407 e. The molecule has 6 nitrogen and oxygen atoms in total. The number of nitrogens with one attached hydrogen (secondary N) is 1. The van der Waals surface area contributed by atoms with E-state index in [0.29, 0.717) is 12.5 Å².